The fourth-order valence-electron chi connectivity index (χ4n) is 1.27. The number of alkyl halides is 1. The van der Waals surface area contributed by atoms with Gasteiger partial charge in [-0.1, -0.05) is 68.4 Å². The molecule has 0 heterocycles. The van der Waals surface area contributed by atoms with Gasteiger partial charge in [0.05, 0.1) is 0 Å². The van der Waals surface area contributed by atoms with Crippen LogP contribution in [0.15, 0.2) is 49.2 Å². The van der Waals surface area contributed by atoms with Crippen molar-refractivity contribution in [3.05, 3.63) is 54.8 Å². The van der Waals surface area contributed by atoms with Crippen molar-refractivity contribution in [2.24, 2.45) is 0 Å². The maximum atomic E-state index is 11.4. The minimum Gasteiger partial charge on any atom is -0.288 e. The van der Waals surface area contributed by atoms with E-state index in [2.05, 4.69) is 22.5 Å². The number of halogens is 1. The van der Waals surface area contributed by atoms with Crippen LogP contribution in [0, 0.1) is 0 Å². The Morgan fingerprint density at radius 2 is 1.70 bits per heavy atom. The number of benzene rings is 1. The third kappa shape index (κ3) is 7.95. The van der Waals surface area contributed by atoms with Crippen molar-refractivity contribution in [2.45, 2.75) is 39.9 Å². The van der Waals surface area contributed by atoms with Crippen molar-refractivity contribution in [3.63, 3.8) is 0 Å². The van der Waals surface area contributed by atoms with E-state index in [1.54, 1.807) is 23.3 Å². The van der Waals surface area contributed by atoms with Crippen molar-refractivity contribution in [1.82, 2.24) is 0 Å². The Hall–Kier alpha value is -1.35. The molecule has 0 aliphatic heterocycles. The second-order valence-corrected chi connectivity index (χ2v) is 3.83. The first kappa shape index (κ1) is 21.0. The number of rotatable bonds is 4. The molecule has 1 aromatic rings. The third-order valence-corrected chi connectivity index (χ3v) is 2.73. The van der Waals surface area contributed by atoms with Gasteiger partial charge in [0.1, 0.15) is 0 Å². The van der Waals surface area contributed by atoms with Crippen molar-refractivity contribution < 1.29 is 4.79 Å². The van der Waals surface area contributed by atoms with Gasteiger partial charge in [0.2, 0.25) is 5.91 Å². The summed E-state index contributed by atoms with van der Waals surface area (Å²) in [4.78, 5) is 13.0. The van der Waals surface area contributed by atoms with Gasteiger partial charge in [-0.2, -0.15) is 0 Å². The van der Waals surface area contributed by atoms with Gasteiger partial charge in [-0.25, -0.2) is 0 Å². The largest absolute Gasteiger partial charge is 0.288 e. The highest BCUT2D eigenvalue weighted by atomic mass is 79.9. The van der Waals surface area contributed by atoms with Crippen LogP contribution >= 0.6 is 15.9 Å². The summed E-state index contributed by atoms with van der Waals surface area (Å²) in [5.74, 6) is -0.0234. The lowest BCUT2D eigenvalue weighted by atomic mass is 10.2. The molecule has 0 N–H and O–H groups in total. The average molecular weight is 340 g/mol. The zero-order valence-corrected chi connectivity index (χ0v) is 14.8. The predicted octanol–water partition coefficient (Wildman–Crippen LogP) is 5.69. The molecule has 0 fully saturated rings. The summed E-state index contributed by atoms with van der Waals surface area (Å²) in [6, 6.07) is 7.82. The quantitative estimate of drug-likeness (QED) is 0.509. The van der Waals surface area contributed by atoms with E-state index in [1.165, 1.54) is 12.5 Å². The number of carbonyl (C=O) groups excluding carboxylic acids is 1. The molecule has 0 spiro atoms. The summed E-state index contributed by atoms with van der Waals surface area (Å²) in [7, 11) is 0. The lowest BCUT2D eigenvalue weighted by Crippen LogP contribution is -2.21. The Kier molecular flexibility index (Phi) is 14.7. The van der Waals surface area contributed by atoms with Crippen LogP contribution in [-0.2, 0) is 10.1 Å². The Morgan fingerprint density at radius 3 is 2.05 bits per heavy atom. The van der Waals surface area contributed by atoms with E-state index >= 15 is 0 Å². The summed E-state index contributed by atoms with van der Waals surface area (Å²) >= 11 is 3.38. The molecule has 0 bridgehead atoms. The van der Waals surface area contributed by atoms with Gasteiger partial charge >= 0.3 is 0 Å². The van der Waals surface area contributed by atoms with E-state index in [0.717, 1.165) is 11.0 Å². The van der Waals surface area contributed by atoms with Crippen molar-refractivity contribution >= 4 is 27.5 Å². The molecule has 0 aromatic heterocycles. The van der Waals surface area contributed by atoms with Gasteiger partial charge < -0.3 is 0 Å². The molecule has 1 rings (SSSR count). The molecule has 0 radical (unpaired) electrons. The maximum absolute atomic E-state index is 11.4. The first-order valence-corrected chi connectivity index (χ1v) is 8.05. The summed E-state index contributed by atoms with van der Waals surface area (Å²) < 4.78 is 0. The second kappa shape index (κ2) is 14.1. The molecular weight excluding hydrogens is 314 g/mol. The summed E-state index contributed by atoms with van der Waals surface area (Å²) in [6.45, 7) is 13.1. The van der Waals surface area contributed by atoms with Crippen LogP contribution in [0.1, 0.15) is 40.2 Å². The van der Waals surface area contributed by atoms with E-state index in [0.29, 0.717) is 0 Å². The van der Waals surface area contributed by atoms with Gasteiger partial charge in [0, 0.05) is 24.1 Å². The van der Waals surface area contributed by atoms with Crippen LogP contribution in [-0.4, -0.2) is 5.91 Å². The zero-order valence-electron chi connectivity index (χ0n) is 13.2. The smallest absolute Gasteiger partial charge is 0.227 e. The minimum atomic E-state index is -0.0234. The van der Waals surface area contributed by atoms with Crippen LogP contribution in [0.25, 0.3) is 0 Å². The number of hydrogen-bond donors (Lipinski definition) is 0. The number of nitrogens with zero attached hydrogens (tertiary/aromatic N) is 1. The molecule has 0 aliphatic carbocycles. The van der Waals surface area contributed by atoms with E-state index < -0.39 is 0 Å². The van der Waals surface area contributed by atoms with Gasteiger partial charge in [0.15, 0.2) is 0 Å². The van der Waals surface area contributed by atoms with Crippen LogP contribution in [0.5, 0.6) is 0 Å². The van der Waals surface area contributed by atoms with E-state index in [1.807, 2.05) is 52.0 Å². The summed E-state index contributed by atoms with van der Waals surface area (Å²) in [5, 5.41) is 0.815. The maximum Gasteiger partial charge on any atom is 0.227 e. The Bertz CT molecular complexity index is 396. The lowest BCUT2D eigenvalue weighted by Gasteiger charge is -2.16. The van der Waals surface area contributed by atoms with Crippen LogP contribution in [0.4, 0.5) is 5.69 Å². The molecule has 0 unspecified atom stereocenters. The van der Waals surface area contributed by atoms with Gasteiger partial charge in [-0.3, -0.25) is 9.69 Å². The number of anilines is 1. The standard InChI is InChI=1S/C13H14BrNO.2C2H6/c1-3-4-9-15(11(2)16)13-7-5-12(10-14)6-8-13;2*1-2/h3-9H,1,10H2,2H3;2*1-2H3/b9-4-;;. The van der Waals surface area contributed by atoms with Crippen molar-refractivity contribution in [3.8, 4) is 0 Å². The van der Waals surface area contributed by atoms with Gasteiger partial charge in [0.25, 0.3) is 0 Å². The number of hydrogen-bond acceptors (Lipinski definition) is 1. The minimum absolute atomic E-state index is 0.0234. The Morgan fingerprint density at radius 1 is 1.20 bits per heavy atom. The van der Waals surface area contributed by atoms with Crippen LogP contribution < -0.4 is 4.90 Å². The number of allylic oxidation sites excluding steroid dienone is 2. The van der Waals surface area contributed by atoms with E-state index in [-0.39, 0.29) is 5.91 Å². The monoisotopic (exact) mass is 339 g/mol. The highest BCUT2D eigenvalue weighted by molar-refractivity contribution is 9.08. The van der Waals surface area contributed by atoms with Gasteiger partial charge in [-0.15, -0.1) is 0 Å². The zero-order chi connectivity index (χ0) is 16.0. The molecule has 0 saturated carbocycles. The molecule has 112 valence electrons. The molecule has 1 aromatic carbocycles. The lowest BCUT2D eigenvalue weighted by molar-refractivity contribution is -0.116. The Balaban J connectivity index is 0. The molecule has 1 amide bonds. The topological polar surface area (TPSA) is 20.3 Å². The number of carbonyl (C=O) groups is 1. The van der Waals surface area contributed by atoms with Crippen LogP contribution in [0.3, 0.4) is 0 Å². The average Bonchev–Trinajstić information content (AvgIpc) is 2.52. The fraction of sp³-hybridized carbons (Fsp3) is 0.353. The molecule has 0 saturated heterocycles. The molecule has 20 heavy (non-hydrogen) atoms. The first-order valence-electron chi connectivity index (χ1n) is 6.93. The third-order valence-electron chi connectivity index (χ3n) is 2.08. The highest BCUT2D eigenvalue weighted by Crippen LogP contribution is 2.17. The van der Waals surface area contributed by atoms with Gasteiger partial charge in [-0.05, 0) is 23.8 Å². The molecule has 2 nitrogen and oxygen atoms in total. The van der Waals surface area contributed by atoms with E-state index in [4.69, 9.17) is 0 Å². The summed E-state index contributed by atoms with van der Waals surface area (Å²) in [6.07, 6.45) is 5.08. The Labute approximate surface area is 132 Å². The normalized spacial score (nSPS) is 8.90. The summed E-state index contributed by atoms with van der Waals surface area (Å²) in [5.41, 5.74) is 2.04. The van der Waals surface area contributed by atoms with Crippen molar-refractivity contribution in [2.75, 3.05) is 4.90 Å². The second-order valence-electron chi connectivity index (χ2n) is 3.27. The van der Waals surface area contributed by atoms with Crippen molar-refractivity contribution in [1.29, 1.82) is 0 Å². The van der Waals surface area contributed by atoms with Crippen LogP contribution in [0.2, 0.25) is 0 Å². The van der Waals surface area contributed by atoms with E-state index in [9.17, 15) is 4.79 Å². The highest BCUT2D eigenvalue weighted by Gasteiger charge is 2.06. The molecule has 0 atom stereocenters. The first-order chi connectivity index (χ1) is 9.69. The fourth-order valence-corrected chi connectivity index (χ4v) is 1.64. The number of amides is 1. The molecule has 0 aliphatic rings. The SMILES string of the molecule is C=C/C=C\N(C(C)=O)c1ccc(CBr)cc1.CC.CC. The predicted molar refractivity (Wildman–Crippen MR) is 94.3 cm³/mol. The molecular formula is C17H26BrNO. The molecule has 3 heteroatoms.